The Morgan fingerprint density at radius 3 is 2.45 bits per heavy atom. The van der Waals surface area contributed by atoms with Crippen molar-refractivity contribution in [1.82, 2.24) is 10.6 Å². The van der Waals surface area contributed by atoms with Gasteiger partial charge in [0.25, 0.3) is 0 Å². The summed E-state index contributed by atoms with van der Waals surface area (Å²) in [6.07, 6.45) is 0.501. The summed E-state index contributed by atoms with van der Waals surface area (Å²) >= 11 is 0. The molecule has 1 rings (SSSR count). The summed E-state index contributed by atoms with van der Waals surface area (Å²) < 4.78 is 0. The molecular weight excluding hydrogens is 280 g/mol. The van der Waals surface area contributed by atoms with Crippen LogP contribution in [0.15, 0.2) is 30.3 Å². The Morgan fingerprint density at radius 2 is 1.90 bits per heavy atom. The monoisotopic (exact) mass is 300 g/mol. The van der Waals surface area contributed by atoms with E-state index < -0.39 is 12.0 Å². The maximum atomic E-state index is 11.3. The van der Waals surface area contributed by atoms with E-state index in [4.69, 9.17) is 5.11 Å². The van der Waals surface area contributed by atoms with Gasteiger partial charge < -0.3 is 15.7 Å². The van der Waals surface area contributed by atoms with E-state index in [1.807, 2.05) is 37.3 Å². The predicted octanol–water partition coefficient (Wildman–Crippen LogP) is 1.57. The van der Waals surface area contributed by atoms with Gasteiger partial charge in [0.2, 0.25) is 5.91 Å². The number of nitrogens with one attached hydrogen (secondary N) is 2. The Bertz CT molecular complexity index is 412. The van der Waals surface area contributed by atoms with Crippen LogP contribution in [0.4, 0.5) is 0 Å². The summed E-state index contributed by atoms with van der Waals surface area (Å²) in [7, 11) is 0. The molecule has 1 atom stereocenters. The number of hydrogen-bond donors (Lipinski definition) is 3. The first kappa shape index (κ1) is 18.4. The summed E-state index contributed by atoms with van der Waals surface area (Å²) in [5, 5.41) is 14.7. The lowest BCUT2D eigenvalue weighted by molar-refractivity contribution is -0.139. The molecule has 1 amide bonds. The normalized spacial score (nSPS) is 11.2. The smallest absolute Gasteiger partial charge is 0.320 e. The molecule has 0 aliphatic rings. The fourth-order valence-corrected chi connectivity index (χ4v) is 1.71. The number of carboxylic acid groups (broad SMARTS) is 1. The zero-order valence-electron chi connectivity index (χ0n) is 11.5. The Hall–Kier alpha value is -1.59. The summed E-state index contributed by atoms with van der Waals surface area (Å²) in [5.41, 5.74) is 1.02. The minimum Gasteiger partial charge on any atom is -0.480 e. The van der Waals surface area contributed by atoms with Crippen molar-refractivity contribution in [3.63, 3.8) is 0 Å². The van der Waals surface area contributed by atoms with Gasteiger partial charge in [-0.3, -0.25) is 9.59 Å². The van der Waals surface area contributed by atoms with Crippen LogP contribution < -0.4 is 10.6 Å². The molecule has 0 radical (unpaired) electrons. The molecule has 3 N–H and O–H groups in total. The van der Waals surface area contributed by atoms with Gasteiger partial charge in [-0.05, 0) is 18.9 Å². The predicted molar refractivity (Wildman–Crippen MR) is 79.9 cm³/mol. The molecule has 0 spiro atoms. The van der Waals surface area contributed by atoms with Crippen LogP contribution in [-0.2, 0) is 16.1 Å². The number of amides is 1. The standard InChI is InChI=1S/C14H20N2O3.ClH/c1-2-15-13(17)9-8-12(14(18)19)16-10-11-6-4-3-5-7-11;/h3-7,12,16H,2,8-10H2,1H3,(H,15,17)(H,18,19);1H. The highest BCUT2D eigenvalue weighted by Crippen LogP contribution is 2.02. The molecule has 0 heterocycles. The fraction of sp³-hybridized carbons (Fsp3) is 0.429. The number of carboxylic acids is 1. The first-order valence-corrected chi connectivity index (χ1v) is 6.40. The van der Waals surface area contributed by atoms with E-state index in [1.54, 1.807) is 0 Å². The van der Waals surface area contributed by atoms with Crippen molar-refractivity contribution in [2.75, 3.05) is 6.54 Å². The van der Waals surface area contributed by atoms with Crippen LogP contribution in [-0.4, -0.2) is 29.6 Å². The second-order valence-corrected chi connectivity index (χ2v) is 4.25. The summed E-state index contributed by atoms with van der Waals surface area (Å²) in [6, 6.07) is 8.87. The minimum absolute atomic E-state index is 0. The van der Waals surface area contributed by atoms with Gasteiger partial charge in [-0.15, -0.1) is 12.4 Å². The SMILES string of the molecule is CCNC(=O)CCC(NCc1ccccc1)C(=O)O.Cl. The Morgan fingerprint density at radius 1 is 1.25 bits per heavy atom. The molecule has 0 aliphatic heterocycles. The lowest BCUT2D eigenvalue weighted by Gasteiger charge is -2.14. The lowest BCUT2D eigenvalue weighted by atomic mass is 10.1. The Balaban J connectivity index is 0.00000361. The molecule has 0 saturated heterocycles. The highest BCUT2D eigenvalue weighted by Gasteiger charge is 2.17. The molecule has 1 aromatic rings. The van der Waals surface area contributed by atoms with Gasteiger partial charge in [-0.1, -0.05) is 30.3 Å². The molecular formula is C14H21ClN2O3. The number of benzene rings is 1. The van der Waals surface area contributed by atoms with Crippen molar-refractivity contribution in [3.05, 3.63) is 35.9 Å². The molecule has 0 bridgehead atoms. The summed E-state index contributed by atoms with van der Waals surface area (Å²) in [4.78, 5) is 22.4. The first-order chi connectivity index (χ1) is 9.13. The molecule has 1 aromatic carbocycles. The van der Waals surface area contributed by atoms with E-state index in [0.717, 1.165) is 5.56 Å². The van der Waals surface area contributed by atoms with E-state index in [0.29, 0.717) is 13.1 Å². The van der Waals surface area contributed by atoms with Crippen molar-refractivity contribution < 1.29 is 14.7 Å². The highest BCUT2D eigenvalue weighted by atomic mass is 35.5. The number of rotatable bonds is 8. The van der Waals surface area contributed by atoms with Gasteiger partial charge in [0, 0.05) is 19.5 Å². The molecule has 1 unspecified atom stereocenters. The van der Waals surface area contributed by atoms with Gasteiger partial charge in [-0.25, -0.2) is 0 Å². The highest BCUT2D eigenvalue weighted by molar-refractivity contribution is 5.85. The van der Waals surface area contributed by atoms with Gasteiger partial charge >= 0.3 is 5.97 Å². The third kappa shape index (κ3) is 7.11. The Labute approximate surface area is 125 Å². The van der Waals surface area contributed by atoms with Gasteiger partial charge in [0.05, 0.1) is 0 Å². The topological polar surface area (TPSA) is 78.4 Å². The van der Waals surface area contributed by atoms with Crippen molar-refractivity contribution in [2.45, 2.75) is 32.4 Å². The average Bonchev–Trinajstić information content (AvgIpc) is 2.39. The van der Waals surface area contributed by atoms with Crippen LogP contribution in [0.1, 0.15) is 25.3 Å². The van der Waals surface area contributed by atoms with Crippen LogP contribution >= 0.6 is 12.4 Å². The third-order valence-electron chi connectivity index (χ3n) is 2.73. The second-order valence-electron chi connectivity index (χ2n) is 4.25. The number of aliphatic carboxylic acids is 1. The molecule has 6 heteroatoms. The number of hydrogen-bond acceptors (Lipinski definition) is 3. The number of halogens is 1. The maximum absolute atomic E-state index is 11.3. The van der Waals surface area contributed by atoms with Gasteiger partial charge in [-0.2, -0.15) is 0 Å². The van der Waals surface area contributed by atoms with Crippen molar-refractivity contribution in [2.24, 2.45) is 0 Å². The van der Waals surface area contributed by atoms with Crippen molar-refractivity contribution in [3.8, 4) is 0 Å². The first-order valence-electron chi connectivity index (χ1n) is 6.40. The van der Waals surface area contributed by atoms with E-state index in [2.05, 4.69) is 10.6 Å². The molecule has 20 heavy (non-hydrogen) atoms. The van der Waals surface area contributed by atoms with Gasteiger partial charge in [0.1, 0.15) is 6.04 Å². The zero-order chi connectivity index (χ0) is 14.1. The molecule has 0 fully saturated rings. The van der Waals surface area contributed by atoms with Gasteiger partial charge in [0.15, 0.2) is 0 Å². The zero-order valence-corrected chi connectivity index (χ0v) is 12.3. The quantitative estimate of drug-likeness (QED) is 0.681. The fourth-order valence-electron chi connectivity index (χ4n) is 1.71. The molecule has 0 aromatic heterocycles. The lowest BCUT2D eigenvalue weighted by Crippen LogP contribution is -2.37. The molecule has 5 nitrogen and oxygen atoms in total. The van der Waals surface area contributed by atoms with Crippen LogP contribution in [0, 0.1) is 0 Å². The van der Waals surface area contributed by atoms with E-state index in [-0.39, 0.29) is 31.2 Å². The number of carbonyl (C=O) groups is 2. The van der Waals surface area contributed by atoms with Crippen LogP contribution in [0.25, 0.3) is 0 Å². The van der Waals surface area contributed by atoms with Crippen molar-refractivity contribution >= 4 is 24.3 Å². The summed E-state index contributed by atoms with van der Waals surface area (Å²) in [6.45, 7) is 2.88. The molecule has 112 valence electrons. The second kappa shape index (κ2) is 10.2. The Kier molecular flexibility index (Phi) is 9.41. The van der Waals surface area contributed by atoms with E-state index in [1.165, 1.54) is 0 Å². The minimum atomic E-state index is -0.930. The molecule has 0 saturated carbocycles. The van der Waals surface area contributed by atoms with Crippen molar-refractivity contribution in [1.29, 1.82) is 0 Å². The van der Waals surface area contributed by atoms with Crippen LogP contribution in [0.3, 0.4) is 0 Å². The van der Waals surface area contributed by atoms with E-state index >= 15 is 0 Å². The maximum Gasteiger partial charge on any atom is 0.320 e. The third-order valence-corrected chi connectivity index (χ3v) is 2.73. The van der Waals surface area contributed by atoms with Crippen LogP contribution in [0.2, 0.25) is 0 Å². The largest absolute Gasteiger partial charge is 0.480 e. The van der Waals surface area contributed by atoms with Crippen LogP contribution in [0.5, 0.6) is 0 Å². The number of carbonyl (C=O) groups excluding carboxylic acids is 1. The summed E-state index contributed by atoms with van der Waals surface area (Å²) in [5.74, 6) is -1.05. The van der Waals surface area contributed by atoms with E-state index in [9.17, 15) is 9.59 Å². The molecule has 0 aliphatic carbocycles. The average molecular weight is 301 g/mol.